The Hall–Kier alpha value is -1.69. The minimum atomic E-state index is 0.587. The number of nitrogens with two attached hydrogens (primary N) is 1. The molecular weight excluding hydrogens is 234 g/mol. The van der Waals surface area contributed by atoms with Crippen molar-refractivity contribution in [2.75, 3.05) is 17.2 Å². The molecule has 2 N–H and O–H groups in total. The summed E-state index contributed by atoms with van der Waals surface area (Å²) in [7, 11) is 0. The molecule has 0 radical (unpaired) electrons. The second-order valence-corrected chi connectivity index (χ2v) is 5.83. The lowest BCUT2D eigenvalue weighted by molar-refractivity contribution is 0.244. The number of rotatable bonds is 1. The van der Waals surface area contributed by atoms with E-state index in [0.29, 0.717) is 17.3 Å². The summed E-state index contributed by atoms with van der Waals surface area (Å²) in [4.78, 5) is 2.52. The van der Waals surface area contributed by atoms with E-state index < -0.39 is 0 Å². The van der Waals surface area contributed by atoms with Gasteiger partial charge in [-0.2, -0.15) is 5.26 Å². The summed E-state index contributed by atoms with van der Waals surface area (Å²) < 4.78 is 0. The first-order valence-electron chi connectivity index (χ1n) is 7.36. The molecule has 1 aliphatic heterocycles. The summed E-state index contributed by atoms with van der Waals surface area (Å²) in [6.45, 7) is 1.12. The van der Waals surface area contributed by atoms with Gasteiger partial charge in [-0.15, -0.1) is 0 Å². The number of hydrogen-bond acceptors (Lipinski definition) is 3. The molecule has 0 amide bonds. The highest BCUT2D eigenvalue weighted by Crippen LogP contribution is 2.38. The summed E-state index contributed by atoms with van der Waals surface area (Å²) in [5, 5.41) is 9.13. The number of piperidine rings is 1. The van der Waals surface area contributed by atoms with Crippen molar-refractivity contribution in [3.63, 3.8) is 0 Å². The van der Waals surface area contributed by atoms with Gasteiger partial charge in [-0.25, -0.2) is 0 Å². The van der Waals surface area contributed by atoms with Crippen LogP contribution in [0.1, 0.15) is 44.1 Å². The number of benzene rings is 1. The Morgan fingerprint density at radius 1 is 1.16 bits per heavy atom. The zero-order valence-corrected chi connectivity index (χ0v) is 11.3. The Balaban J connectivity index is 1.90. The van der Waals surface area contributed by atoms with Crippen LogP contribution in [-0.4, -0.2) is 12.6 Å². The van der Waals surface area contributed by atoms with E-state index in [4.69, 9.17) is 11.0 Å². The van der Waals surface area contributed by atoms with Crippen LogP contribution in [0.5, 0.6) is 0 Å². The van der Waals surface area contributed by atoms with Gasteiger partial charge in [0.15, 0.2) is 0 Å². The molecule has 2 aliphatic rings. The summed E-state index contributed by atoms with van der Waals surface area (Å²) in [6.07, 6.45) is 8.06. The highest BCUT2D eigenvalue weighted by molar-refractivity contribution is 5.63. The normalized spacial score (nSPS) is 26.6. The molecule has 3 nitrogen and oxygen atoms in total. The van der Waals surface area contributed by atoms with Crippen molar-refractivity contribution < 1.29 is 0 Å². The Morgan fingerprint density at radius 3 is 2.79 bits per heavy atom. The Kier molecular flexibility index (Phi) is 3.33. The van der Waals surface area contributed by atoms with Gasteiger partial charge in [0.2, 0.25) is 0 Å². The molecule has 2 fully saturated rings. The van der Waals surface area contributed by atoms with Crippen molar-refractivity contribution in [1.29, 1.82) is 5.26 Å². The van der Waals surface area contributed by atoms with Gasteiger partial charge in [-0.1, -0.05) is 12.8 Å². The fraction of sp³-hybridized carbons (Fsp3) is 0.562. The second-order valence-electron chi connectivity index (χ2n) is 5.83. The lowest BCUT2D eigenvalue weighted by atomic mass is 9.78. The maximum absolute atomic E-state index is 9.13. The lowest BCUT2D eigenvalue weighted by Gasteiger charge is -2.45. The standard InChI is InChI=1S/C16H21N3/c17-11-13-10-14(7-8-15(13)18)19-9-3-5-12-4-1-2-6-16(12)19/h7-8,10,12,16H,1-6,9,18H2. The van der Waals surface area contributed by atoms with E-state index in [1.165, 1.54) is 44.2 Å². The van der Waals surface area contributed by atoms with Crippen LogP contribution in [0.15, 0.2) is 18.2 Å². The number of anilines is 2. The van der Waals surface area contributed by atoms with Crippen molar-refractivity contribution in [1.82, 2.24) is 0 Å². The molecule has 19 heavy (non-hydrogen) atoms. The number of hydrogen-bond donors (Lipinski definition) is 1. The Morgan fingerprint density at radius 2 is 1.95 bits per heavy atom. The third-order valence-corrected chi connectivity index (χ3v) is 4.73. The lowest BCUT2D eigenvalue weighted by Crippen LogP contribution is -2.46. The van der Waals surface area contributed by atoms with E-state index in [9.17, 15) is 0 Å². The quantitative estimate of drug-likeness (QED) is 0.783. The fourth-order valence-electron chi connectivity index (χ4n) is 3.77. The number of nitrogen functional groups attached to an aromatic ring is 1. The van der Waals surface area contributed by atoms with Gasteiger partial charge in [0, 0.05) is 24.0 Å². The first-order valence-corrected chi connectivity index (χ1v) is 7.36. The minimum Gasteiger partial charge on any atom is -0.398 e. The highest BCUT2D eigenvalue weighted by Gasteiger charge is 2.33. The predicted molar refractivity (Wildman–Crippen MR) is 77.9 cm³/mol. The molecule has 2 atom stereocenters. The summed E-state index contributed by atoms with van der Waals surface area (Å²) in [6, 6.07) is 8.79. The fourth-order valence-corrected chi connectivity index (χ4v) is 3.77. The van der Waals surface area contributed by atoms with Crippen molar-refractivity contribution in [2.45, 2.75) is 44.6 Å². The average Bonchev–Trinajstić information content (AvgIpc) is 2.47. The van der Waals surface area contributed by atoms with Crippen LogP contribution >= 0.6 is 0 Å². The van der Waals surface area contributed by atoms with Gasteiger partial charge in [-0.3, -0.25) is 0 Å². The van der Waals surface area contributed by atoms with Crippen molar-refractivity contribution in [3.8, 4) is 6.07 Å². The maximum atomic E-state index is 9.13. The molecule has 3 heteroatoms. The van der Waals surface area contributed by atoms with Crippen LogP contribution in [-0.2, 0) is 0 Å². The van der Waals surface area contributed by atoms with Gasteiger partial charge in [0.05, 0.1) is 5.56 Å². The van der Waals surface area contributed by atoms with Crippen LogP contribution in [0.4, 0.5) is 11.4 Å². The first-order chi connectivity index (χ1) is 9.29. The van der Waals surface area contributed by atoms with E-state index in [-0.39, 0.29) is 0 Å². The van der Waals surface area contributed by atoms with E-state index in [1.54, 1.807) is 0 Å². The molecular formula is C16H21N3. The third kappa shape index (κ3) is 2.28. The Labute approximate surface area is 115 Å². The van der Waals surface area contributed by atoms with Crippen LogP contribution in [0.2, 0.25) is 0 Å². The largest absolute Gasteiger partial charge is 0.398 e. The molecule has 1 aliphatic carbocycles. The van der Waals surface area contributed by atoms with Gasteiger partial charge >= 0.3 is 0 Å². The molecule has 1 heterocycles. The van der Waals surface area contributed by atoms with Gasteiger partial charge in [-0.05, 0) is 49.8 Å². The third-order valence-electron chi connectivity index (χ3n) is 4.73. The topological polar surface area (TPSA) is 53.0 Å². The first kappa shape index (κ1) is 12.3. The van der Waals surface area contributed by atoms with Crippen LogP contribution in [0.25, 0.3) is 0 Å². The summed E-state index contributed by atoms with van der Waals surface area (Å²) >= 11 is 0. The van der Waals surface area contributed by atoms with Crippen molar-refractivity contribution in [3.05, 3.63) is 23.8 Å². The molecule has 2 unspecified atom stereocenters. The van der Waals surface area contributed by atoms with Crippen molar-refractivity contribution >= 4 is 11.4 Å². The Bertz CT molecular complexity index is 501. The molecule has 1 aromatic rings. The van der Waals surface area contributed by atoms with Crippen LogP contribution < -0.4 is 10.6 Å². The van der Waals surface area contributed by atoms with Crippen molar-refractivity contribution in [2.24, 2.45) is 5.92 Å². The van der Waals surface area contributed by atoms with Gasteiger partial charge in [0.25, 0.3) is 0 Å². The van der Waals surface area contributed by atoms with E-state index >= 15 is 0 Å². The number of nitrogens with zero attached hydrogens (tertiary/aromatic N) is 2. The smallest absolute Gasteiger partial charge is 0.101 e. The monoisotopic (exact) mass is 255 g/mol. The van der Waals surface area contributed by atoms with E-state index in [1.807, 2.05) is 12.1 Å². The zero-order chi connectivity index (χ0) is 13.2. The molecule has 3 rings (SSSR count). The molecule has 1 saturated heterocycles. The minimum absolute atomic E-state index is 0.587. The molecule has 1 saturated carbocycles. The highest BCUT2D eigenvalue weighted by atomic mass is 15.2. The molecule has 100 valence electrons. The molecule has 0 aromatic heterocycles. The SMILES string of the molecule is N#Cc1cc(N2CCCC3CCCCC32)ccc1N. The number of nitriles is 1. The van der Waals surface area contributed by atoms with Gasteiger partial charge in [0.1, 0.15) is 6.07 Å². The predicted octanol–water partition coefficient (Wildman–Crippen LogP) is 3.30. The summed E-state index contributed by atoms with van der Waals surface area (Å²) in [5.41, 5.74) is 8.20. The second kappa shape index (κ2) is 5.13. The van der Waals surface area contributed by atoms with Crippen LogP contribution in [0.3, 0.4) is 0 Å². The maximum Gasteiger partial charge on any atom is 0.101 e. The number of fused-ring (bicyclic) bond motifs is 1. The average molecular weight is 255 g/mol. The van der Waals surface area contributed by atoms with E-state index in [2.05, 4.69) is 17.0 Å². The van der Waals surface area contributed by atoms with E-state index in [0.717, 1.165) is 12.5 Å². The molecule has 1 aromatic carbocycles. The van der Waals surface area contributed by atoms with Crippen LogP contribution in [0, 0.1) is 17.2 Å². The molecule has 0 spiro atoms. The van der Waals surface area contributed by atoms with Gasteiger partial charge < -0.3 is 10.6 Å². The summed E-state index contributed by atoms with van der Waals surface area (Å²) in [5.74, 6) is 0.852. The zero-order valence-electron chi connectivity index (χ0n) is 11.3. The molecule has 0 bridgehead atoms.